The second kappa shape index (κ2) is 6.72. The molecule has 0 radical (unpaired) electrons. The molecule has 5 nitrogen and oxygen atoms in total. The number of nitrogens with one attached hydrogen (secondary N) is 1. The highest BCUT2D eigenvalue weighted by Gasteiger charge is 2.24. The molecule has 1 heterocycles. The minimum atomic E-state index is -0.0394. The molecule has 0 fully saturated rings. The summed E-state index contributed by atoms with van der Waals surface area (Å²) in [5.74, 6) is 0.855. The van der Waals surface area contributed by atoms with Gasteiger partial charge in [-0.25, -0.2) is 0 Å². The summed E-state index contributed by atoms with van der Waals surface area (Å²) in [6.07, 6.45) is 3.62. The van der Waals surface area contributed by atoms with E-state index in [0.717, 1.165) is 36.5 Å². The van der Waals surface area contributed by atoms with Crippen LogP contribution in [-0.2, 0) is 7.05 Å². The lowest BCUT2D eigenvalue weighted by Crippen LogP contribution is -2.32. The summed E-state index contributed by atoms with van der Waals surface area (Å²) < 4.78 is 1.90. The molecule has 114 valence electrons. The standard InChI is InChI=1S/C16H24N4O/c1-4-16(5-2,11-21)10-17-14-8-6-13(7-9-14)15-19-18-12-20(15)3/h6-9,12,17,21H,4-5,10-11H2,1-3H3. The third-order valence-electron chi connectivity index (χ3n) is 4.36. The van der Waals surface area contributed by atoms with Gasteiger partial charge in [0, 0.05) is 30.3 Å². The Kier molecular flexibility index (Phi) is 4.96. The number of aliphatic hydroxyl groups excluding tert-OH is 1. The van der Waals surface area contributed by atoms with Gasteiger partial charge in [0.2, 0.25) is 0 Å². The average Bonchev–Trinajstić information content (AvgIpc) is 2.96. The van der Waals surface area contributed by atoms with E-state index in [1.807, 2.05) is 35.9 Å². The second-order valence-electron chi connectivity index (χ2n) is 5.56. The van der Waals surface area contributed by atoms with Gasteiger partial charge < -0.3 is 15.0 Å². The third-order valence-corrected chi connectivity index (χ3v) is 4.36. The van der Waals surface area contributed by atoms with Gasteiger partial charge in [-0.05, 0) is 37.1 Å². The fourth-order valence-electron chi connectivity index (χ4n) is 2.35. The summed E-state index contributed by atoms with van der Waals surface area (Å²) in [5, 5.41) is 21.0. The van der Waals surface area contributed by atoms with Crippen LogP contribution in [0.15, 0.2) is 30.6 Å². The predicted molar refractivity (Wildman–Crippen MR) is 85.0 cm³/mol. The lowest BCUT2D eigenvalue weighted by Gasteiger charge is -2.30. The summed E-state index contributed by atoms with van der Waals surface area (Å²) in [6.45, 7) is 5.24. The maximum Gasteiger partial charge on any atom is 0.163 e. The number of aryl methyl sites for hydroxylation is 1. The zero-order chi connectivity index (χ0) is 15.3. The molecule has 0 saturated carbocycles. The fourth-order valence-corrected chi connectivity index (χ4v) is 2.35. The van der Waals surface area contributed by atoms with Crippen molar-refractivity contribution < 1.29 is 5.11 Å². The minimum Gasteiger partial charge on any atom is -0.396 e. The molecule has 0 aliphatic carbocycles. The molecule has 2 N–H and O–H groups in total. The Morgan fingerprint density at radius 3 is 2.33 bits per heavy atom. The SMILES string of the molecule is CCC(CC)(CO)CNc1ccc(-c2nncn2C)cc1. The number of hydrogen-bond donors (Lipinski definition) is 2. The summed E-state index contributed by atoms with van der Waals surface area (Å²) in [4.78, 5) is 0. The molecule has 2 rings (SSSR count). The molecule has 1 aromatic carbocycles. The van der Waals surface area contributed by atoms with Crippen LogP contribution in [0, 0.1) is 5.41 Å². The number of nitrogens with zero attached hydrogens (tertiary/aromatic N) is 3. The van der Waals surface area contributed by atoms with Crippen molar-refractivity contribution in [1.29, 1.82) is 0 Å². The Labute approximate surface area is 126 Å². The molecule has 21 heavy (non-hydrogen) atoms. The molecule has 0 spiro atoms. The van der Waals surface area contributed by atoms with E-state index in [-0.39, 0.29) is 12.0 Å². The van der Waals surface area contributed by atoms with Gasteiger partial charge in [-0.15, -0.1) is 10.2 Å². The first-order valence-corrected chi connectivity index (χ1v) is 7.43. The van der Waals surface area contributed by atoms with Crippen LogP contribution >= 0.6 is 0 Å². The van der Waals surface area contributed by atoms with E-state index in [9.17, 15) is 5.11 Å². The Morgan fingerprint density at radius 1 is 1.19 bits per heavy atom. The van der Waals surface area contributed by atoms with Crippen LogP contribution in [0.2, 0.25) is 0 Å². The molecule has 2 aromatic rings. The molecule has 0 aliphatic heterocycles. The van der Waals surface area contributed by atoms with E-state index >= 15 is 0 Å². The van der Waals surface area contributed by atoms with E-state index < -0.39 is 0 Å². The largest absolute Gasteiger partial charge is 0.396 e. The molecule has 0 atom stereocenters. The van der Waals surface area contributed by atoms with E-state index in [1.54, 1.807) is 6.33 Å². The highest BCUT2D eigenvalue weighted by Crippen LogP contribution is 2.26. The molecule has 0 amide bonds. The summed E-state index contributed by atoms with van der Waals surface area (Å²) in [6, 6.07) is 8.14. The van der Waals surface area contributed by atoms with Crippen molar-refractivity contribution >= 4 is 5.69 Å². The maximum atomic E-state index is 9.60. The first-order valence-electron chi connectivity index (χ1n) is 7.43. The van der Waals surface area contributed by atoms with Gasteiger partial charge in [-0.1, -0.05) is 13.8 Å². The Morgan fingerprint density at radius 2 is 1.86 bits per heavy atom. The van der Waals surface area contributed by atoms with Crippen LogP contribution in [-0.4, -0.2) is 33.0 Å². The lowest BCUT2D eigenvalue weighted by atomic mass is 9.83. The second-order valence-corrected chi connectivity index (χ2v) is 5.56. The van der Waals surface area contributed by atoms with Crippen LogP contribution in [0.1, 0.15) is 26.7 Å². The summed E-state index contributed by atoms with van der Waals surface area (Å²) in [5.41, 5.74) is 2.06. The number of aliphatic hydroxyl groups is 1. The van der Waals surface area contributed by atoms with Gasteiger partial charge in [0.15, 0.2) is 5.82 Å². The maximum absolute atomic E-state index is 9.60. The molecule has 5 heteroatoms. The molecular formula is C16H24N4O. The van der Waals surface area contributed by atoms with Crippen molar-refractivity contribution in [3.63, 3.8) is 0 Å². The highest BCUT2D eigenvalue weighted by atomic mass is 16.3. The number of aromatic nitrogens is 3. The van der Waals surface area contributed by atoms with E-state index in [2.05, 4.69) is 29.4 Å². The number of anilines is 1. The van der Waals surface area contributed by atoms with Crippen LogP contribution in [0.3, 0.4) is 0 Å². The normalized spacial score (nSPS) is 11.6. The van der Waals surface area contributed by atoms with E-state index in [0.29, 0.717) is 0 Å². The van der Waals surface area contributed by atoms with Crippen molar-refractivity contribution in [3.05, 3.63) is 30.6 Å². The molecule has 1 aromatic heterocycles. The molecular weight excluding hydrogens is 264 g/mol. The molecule has 0 unspecified atom stereocenters. The first kappa shape index (κ1) is 15.5. The van der Waals surface area contributed by atoms with Crippen molar-refractivity contribution in [2.45, 2.75) is 26.7 Å². The van der Waals surface area contributed by atoms with Crippen molar-refractivity contribution in [3.8, 4) is 11.4 Å². The predicted octanol–water partition coefficient (Wildman–Crippen LogP) is 2.69. The Hall–Kier alpha value is -1.88. The van der Waals surface area contributed by atoms with Crippen LogP contribution in [0.25, 0.3) is 11.4 Å². The molecule has 0 saturated heterocycles. The highest BCUT2D eigenvalue weighted by molar-refractivity contribution is 5.59. The third kappa shape index (κ3) is 3.42. The zero-order valence-electron chi connectivity index (χ0n) is 13.0. The quantitative estimate of drug-likeness (QED) is 0.822. The van der Waals surface area contributed by atoms with Crippen molar-refractivity contribution in [2.75, 3.05) is 18.5 Å². The van der Waals surface area contributed by atoms with Gasteiger partial charge >= 0.3 is 0 Å². The van der Waals surface area contributed by atoms with Crippen molar-refractivity contribution in [1.82, 2.24) is 14.8 Å². The van der Waals surface area contributed by atoms with E-state index in [1.165, 1.54) is 0 Å². The Balaban J connectivity index is 2.05. The average molecular weight is 288 g/mol. The summed E-state index contributed by atoms with van der Waals surface area (Å²) in [7, 11) is 1.93. The minimum absolute atomic E-state index is 0.0394. The summed E-state index contributed by atoms with van der Waals surface area (Å²) >= 11 is 0. The first-order chi connectivity index (χ1) is 10.1. The number of hydrogen-bond acceptors (Lipinski definition) is 4. The Bertz CT molecular complexity index is 550. The zero-order valence-corrected chi connectivity index (χ0v) is 13.0. The fraction of sp³-hybridized carbons (Fsp3) is 0.500. The van der Waals surface area contributed by atoms with Gasteiger partial charge in [-0.3, -0.25) is 0 Å². The van der Waals surface area contributed by atoms with Crippen LogP contribution in [0.5, 0.6) is 0 Å². The van der Waals surface area contributed by atoms with Gasteiger partial charge in [0.1, 0.15) is 6.33 Å². The van der Waals surface area contributed by atoms with E-state index in [4.69, 9.17) is 0 Å². The van der Waals surface area contributed by atoms with Crippen molar-refractivity contribution in [2.24, 2.45) is 12.5 Å². The van der Waals surface area contributed by atoms with Crippen LogP contribution < -0.4 is 5.32 Å². The van der Waals surface area contributed by atoms with Gasteiger partial charge in [-0.2, -0.15) is 0 Å². The van der Waals surface area contributed by atoms with Gasteiger partial charge in [0.25, 0.3) is 0 Å². The number of benzene rings is 1. The number of rotatable bonds is 7. The van der Waals surface area contributed by atoms with Gasteiger partial charge in [0.05, 0.1) is 6.61 Å². The monoisotopic (exact) mass is 288 g/mol. The topological polar surface area (TPSA) is 63.0 Å². The molecule has 0 bridgehead atoms. The lowest BCUT2D eigenvalue weighted by molar-refractivity contribution is 0.127. The smallest absolute Gasteiger partial charge is 0.163 e. The molecule has 0 aliphatic rings. The van der Waals surface area contributed by atoms with Crippen LogP contribution in [0.4, 0.5) is 5.69 Å².